The summed E-state index contributed by atoms with van der Waals surface area (Å²) in [7, 11) is 0. The van der Waals surface area contributed by atoms with Crippen LogP contribution in [0.4, 0.5) is 17.1 Å². The van der Waals surface area contributed by atoms with Crippen LogP contribution in [0.1, 0.15) is 25.0 Å². The van der Waals surface area contributed by atoms with E-state index in [0.29, 0.717) is 0 Å². The number of para-hydroxylation sites is 1. The van der Waals surface area contributed by atoms with Gasteiger partial charge in [0.2, 0.25) is 0 Å². The fourth-order valence-corrected chi connectivity index (χ4v) is 4.27. The first-order chi connectivity index (χ1) is 13.7. The average molecular weight is 359 g/mol. The number of anilines is 3. The molecule has 0 saturated carbocycles. The standard InChI is InChI=1S/C27H21N/c1-27(2)23-15-9-10-16-25(23)28(22-13-7-4-8-14-22)26-18-17-21(19-24(26)27)20-11-5-3-6-12-20/h3,5-7,9-19H,1-2H3. The summed E-state index contributed by atoms with van der Waals surface area (Å²) >= 11 is 0. The summed E-state index contributed by atoms with van der Waals surface area (Å²) in [5.41, 5.74) is 8.64. The number of benzene rings is 3. The fraction of sp³-hybridized carbons (Fsp3) is 0.111. The van der Waals surface area contributed by atoms with Gasteiger partial charge in [0.25, 0.3) is 0 Å². The Hall–Kier alpha value is -3.50. The van der Waals surface area contributed by atoms with Crippen molar-refractivity contribution in [2.24, 2.45) is 0 Å². The molecule has 0 aliphatic carbocycles. The average Bonchev–Trinajstić information content (AvgIpc) is 2.75. The largest absolute Gasteiger partial charge is 0.309 e. The number of hydrogen-bond acceptors (Lipinski definition) is 1. The van der Waals surface area contributed by atoms with Gasteiger partial charge in [-0.15, -0.1) is 0 Å². The van der Waals surface area contributed by atoms with Crippen LogP contribution in [-0.4, -0.2) is 0 Å². The topological polar surface area (TPSA) is 3.24 Å². The molecule has 1 aliphatic rings. The molecule has 0 atom stereocenters. The molecular formula is C27H21N. The summed E-state index contributed by atoms with van der Waals surface area (Å²) in [5.74, 6) is 0. The molecule has 0 aromatic heterocycles. The summed E-state index contributed by atoms with van der Waals surface area (Å²) in [6.07, 6.45) is 0. The van der Waals surface area contributed by atoms with Crippen molar-refractivity contribution in [2.75, 3.05) is 4.90 Å². The summed E-state index contributed by atoms with van der Waals surface area (Å²) in [5, 5.41) is 0. The molecule has 0 radical (unpaired) electrons. The van der Waals surface area contributed by atoms with E-state index in [9.17, 15) is 0 Å². The van der Waals surface area contributed by atoms with E-state index >= 15 is 0 Å². The summed E-state index contributed by atoms with van der Waals surface area (Å²) in [4.78, 5) is 2.34. The zero-order valence-electron chi connectivity index (χ0n) is 16.1. The normalized spacial score (nSPS) is 14.0. The van der Waals surface area contributed by atoms with Gasteiger partial charge >= 0.3 is 0 Å². The lowest BCUT2D eigenvalue weighted by Gasteiger charge is -2.42. The second-order valence-electron chi connectivity index (χ2n) is 7.77. The Balaban J connectivity index is 1.77. The maximum atomic E-state index is 3.11. The second-order valence-corrected chi connectivity index (χ2v) is 7.77. The SMILES string of the molecule is CC1(C)c2ccccc2N(c2cc#ccc2)c2ccc(-c3ccccc3)cc21. The predicted molar refractivity (Wildman–Crippen MR) is 116 cm³/mol. The lowest BCUT2D eigenvalue weighted by Crippen LogP contribution is -2.30. The lowest BCUT2D eigenvalue weighted by atomic mass is 9.73. The molecule has 0 spiro atoms. The third kappa shape index (κ3) is 2.50. The molecule has 4 aromatic rings. The Labute approximate surface area is 166 Å². The molecule has 0 N–H and O–H groups in total. The van der Waals surface area contributed by atoms with Gasteiger partial charge in [0.1, 0.15) is 0 Å². The van der Waals surface area contributed by atoms with Gasteiger partial charge in [-0.2, -0.15) is 0 Å². The first-order valence-corrected chi connectivity index (χ1v) is 9.63. The highest BCUT2D eigenvalue weighted by molar-refractivity contribution is 5.87. The van der Waals surface area contributed by atoms with Gasteiger partial charge in [-0.25, -0.2) is 0 Å². The lowest BCUT2D eigenvalue weighted by molar-refractivity contribution is 0.632. The van der Waals surface area contributed by atoms with Crippen molar-refractivity contribution in [3.8, 4) is 11.1 Å². The summed E-state index contributed by atoms with van der Waals surface area (Å²) < 4.78 is 0. The molecule has 28 heavy (non-hydrogen) atoms. The number of hydrogen-bond donors (Lipinski definition) is 0. The van der Waals surface area contributed by atoms with E-state index in [1.54, 1.807) is 0 Å². The summed E-state index contributed by atoms with van der Waals surface area (Å²) in [6.45, 7) is 4.64. The molecule has 0 amide bonds. The maximum Gasteiger partial charge on any atom is 0.0551 e. The van der Waals surface area contributed by atoms with Crippen LogP contribution in [0.2, 0.25) is 0 Å². The third-order valence-corrected chi connectivity index (χ3v) is 5.74. The number of nitrogens with zero attached hydrogens (tertiary/aromatic N) is 1. The first kappa shape index (κ1) is 16.7. The van der Waals surface area contributed by atoms with Crippen molar-refractivity contribution in [3.05, 3.63) is 114 Å². The van der Waals surface area contributed by atoms with Crippen LogP contribution >= 0.6 is 0 Å². The van der Waals surface area contributed by atoms with Gasteiger partial charge in [-0.1, -0.05) is 80.6 Å². The molecule has 5 rings (SSSR count). The van der Waals surface area contributed by atoms with Crippen molar-refractivity contribution in [2.45, 2.75) is 19.3 Å². The molecule has 0 unspecified atom stereocenters. The van der Waals surface area contributed by atoms with E-state index in [4.69, 9.17) is 0 Å². The molecule has 0 bridgehead atoms. The Bertz CT molecular complexity index is 1130. The van der Waals surface area contributed by atoms with Gasteiger partial charge in [-0.3, -0.25) is 0 Å². The molecule has 4 aromatic carbocycles. The van der Waals surface area contributed by atoms with Gasteiger partial charge in [0, 0.05) is 11.5 Å². The smallest absolute Gasteiger partial charge is 0.0551 e. The van der Waals surface area contributed by atoms with Crippen LogP contribution in [-0.2, 0) is 5.41 Å². The zero-order chi connectivity index (χ0) is 19.1. The van der Waals surface area contributed by atoms with Crippen LogP contribution in [0.25, 0.3) is 11.1 Å². The highest BCUT2D eigenvalue weighted by Gasteiger charge is 2.36. The van der Waals surface area contributed by atoms with Crippen molar-refractivity contribution in [1.29, 1.82) is 0 Å². The minimum absolute atomic E-state index is 0.0855. The quantitative estimate of drug-likeness (QED) is 0.370. The Kier molecular flexibility index (Phi) is 3.74. The van der Waals surface area contributed by atoms with Crippen molar-refractivity contribution in [3.63, 3.8) is 0 Å². The maximum absolute atomic E-state index is 3.11. The molecule has 1 heterocycles. The van der Waals surface area contributed by atoms with E-state index < -0.39 is 0 Å². The number of rotatable bonds is 2. The Morgan fingerprint density at radius 3 is 2.21 bits per heavy atom. The minimum Gasteiger partial charge on any atom is -0.309 e. The van der Waals surface area contributed by atoms with Crippen molar-refractivity contribution < 1.29 is 0 Å². The second kappa shape index (κ2) is 6.29. The van der Waals surface area contributed by atoms with Gasteiger partial charge in [-0.05, 0) is 52.6 Å². The van der Waals surface area contributed by atoms with Gasteiger partial charge < -0.3 is 4.90 Å². The number of fused-ring (bicyclic) bond motifs is 2. The van der Waals surface area contributed by atoms with E-state index in [1.165, 1.54) is 33.6 Å². The van der Waals surface area contributed by atoms with E-state index in [-0.39, 0.29) is 5.41 Å². The molecule has 1 aliphatic heterocycles. The van der Waals surface area contributed by atoms with Crippen LogP contribution in [0.15, 0.2) is 91.0 Å². The fourth-order valence-electron chi connectivity index (χ4n) is 4.27. The summed E-state index contributed by atoms with van der Waals surface area (Å²) in [6, 6.07) is 38.3. The van der Waals surface area contributed by atoms with E-state index in [0.717, 1.165) is 5.69 Å². The van der Waals surface area contributed by atoms with Crippen LogP contribution < -0.4 is 4.90 Å². The van der Waals surface area contributed by atoms with Crippen molar-refractivity contribution >= 4 is 17.1 Å². The molecule has 134 valence electrons. The Morgan fingerprint density at radius 2 is 1.43 bits per heavy atom. The minimum atomic E-state index is -0.0855. The molecule has 1 nitrogen and oxygen atoms in total. The first-order valence-electron chi connectivity index (χ1n) is 9.63. The predicted octanol–water partition coefficient (Wildman–Crippen LogP) is 7.06. The zero-order valence-corrected chi connectivity index (χ0v) is 16.1. The van der Waals surface area contributed by atoms with E-state index in [2.05, 4.69) is 110 Å². The van der Waals surface area contributed by atoms with Gasteiger partial charge in [0.05, 0.1) is 17.1 Å². The van der Waals surface area contributed by atoms with E-state index in [1.807, 2.05) is 12.1 Å². The molecular weight excluding hydrogens is 338 g/mol. The molecule has 0 saturated heterocycles. The van der Waals surface area contributed by atoms with Crippen molar-refractivity contribution in [1.82, 2.24) is 0 Å². The highest BCUT2D eigenvalue weighted by Crippen LogP contribution is 2.52. The van der Waals surface area contributed by atoms with Gasteiger partial charge in [0.15, 0.2) is 0 Å². The third-order valence-electron chi connectivity index (χ3n) is 5.74. The molecule has 1 heteroatoms. The molecule has 0 fully saturated rings. The Morgan fingerprint density at radius 1 is 0.679 bits per heavy atom. The monoisotopic (exact) mass is 359 g/mol. The highest BCUT2D eigenvalue weighted by atomic mass is 15.2. The van der Waals surface area contributed by atoms with Crippen LogP contribution in [0, 0.1) is 12.1 Å². The van der Waals surface area contributed by atoms with Crippen LogP contribution in [0.5, 0.6) is 0 Å². The van der Waals surface area contributed by atoms with Crippen LogP contribution in [0.3, 0.4) is 0 Å².